The Bertz CT molecular complexity index is 409. The van der Waals surface area contributed by atoms with Crippen LogP contribution in [0.5, 0.6) is 0 Å². The van der Waals surface area contributed by atoms with Crippen molar-refractivity contribution < 1.29 is 8.42 Å². The smallest absolute Gasteiger partial charge is 0.241 e. The van der Waals surface area contributed by atoms with E-state index in [0.29, 0.717) is 17.9 Å². The van der Waals surface area contributed by atoms with Crippen LogP contribution in [0.15, 0.2) is 4.90 Å². The average Bonchev–Trinajstić information content (AvgIpc) is 2.42. The monoisotopic (exact) mass is 218 g/mol. The van der Waals surface area contributed by atoms with Gasteiger partial charge in [-0.15, -0.1) is 0 Å². The first-order valence-electron chi connectivity index (χ1n) is 4.24. The Labute approximate surface area is 82.9 Å². The van der Waals surface area contributed by atoms with Crippen molar-refractivity contribution in [3.05, 3.63) is 11.4 Å². The molecule has 0 aromatic carbocycles. The molecular weight excluding hydrogens is 204 g/mol. The summed E-state index contributed by atoms with van der Waals surface area (Å²) in [5.41, 5.74) is 0.909. The van der Waals surface area contributed by atoms with Gasteiger partial charge >= 0.3 is 0 Å². The lowest BCUT2D eigenvalue weighted by Crippen LogP contribution is -2.18. The van der Waals surface area contributed by atoms with Crippen molar-refractivity contribution in [3.63, 3.8) is 0 Å². The lowest BCUT2D eigenvalue weighted by atomic mass is 10.3. The molecule has 0 saturated heterocycles. The van der Waals surface area contributed by atoms with E-state index >= 15 is 0 Å². The first-order valence-corrected chi connectivity index (χ1v) is 5.78. The standard InChI is InChI=1S/C7H14N4O2S/c1-3-9-4-6-7(14(8,12)13)5(2)10-11-6/h9H,3-4H2,1-2H3,(H,10,11)(H2,8,12,13). The van der Waals surface area contributed by atoms with Crippen LogP contribution in [0.2, 0.25) is 0 Å². The third kappa shape index (κ3) is 2.31. The second-order valence-electron chi connectivity index (χ2n) is 2.95. The summed E-state index contributed by atoms with van der Waals surface area (Å²) in [7, 11) is -3.68. The summed E-state index contributed by atoms with van der Waals surface area (Å²) in [6.45, 7) is 4.70. The number of rotatable bonds is 4. The van der Waals surface area contributed by atoms with Gasteiger partial charge < -0.3 is 5.32 Å². The van der Waals surface area contributed by atoms with Crippen molar-refractivity contribution in [3.8, 4) is 0 Å². The Hall–Kier alpha value is -0.920. The van der Waals surface area contributed by atoms with Crippen LogP contribution in [0.3, 0.4) is 0 Å². The number of hydrogen-bond acceptors (Lipinski definition) is 4. The van der Waals surface area contributed by atoms with Gasteiger partial charge in [-0.3, -0.25) is 5.10 Å². The first-order chi connectivity index (χ1) is 6.46. The predicted molar refractivity (Wildman–Crippen MR) is 52.1 cm³/mol. The fraction of sp³-hybridized carbons (Fsp3) is 0.571. The molecule has 0 aliphatic carbocycles. The van der Waals surface area contributed by atoms with Crippen LogP contribution < -0.4 is 10.5 Å². The van der Waals surface area contributed by atoms with Crippen molar-refractivity contribution in [1.29, 1.82) is 0 Å². The molecule has 0 aliphatic rings. The highest BCUT2D eigenvalue weighted by atomic mass is 32.2. The van der Waals surface area contributed by atoms with E-state index in [4.69, 9.17) is 5.14 Å². The quantitative estimate of drug-likeness (QED) is 0.632. The van der Waals surface area contributed by atoms with Crippen LogP contribution in [-0.4, -0.2) is 25.2 Å². The minimum atomic E-state index is -3.68. The van der Waals surface area contributed by atoms with Crippen LogP contribution in [-0.2, 0) is 16.6 Å². The summed E-state index contributed by atoms with van der Waals surface area (Å²) in [4.78, 5) is 0.0958. The number of aryl methyl sites for hydroxylation is 1. The molecule has 0 saturated carbocycles. The number of sulfonamides is 1. The van der Waals surface area contributed by atoms with E-state index in [0.717, 1.165) is 6.54 Å². The van der Waals surface area contributed by atoms with Gasteiger partial charge in [0.25, 0.3) is 0 Å². The van der Waals surface area contributed by atoms with Crippen molar-refractivity contribution in [1.82, 2.24) is 15.5 Å². The number of aromatic amines is 1. The Balaban J connectivity index is 3.07. The molecule has 6 nitrogen and oxygen atoms in total. The number of nitrogens with two attached hydrogens (primary N) is 1. The molecule has 0 bridgehead atoms. The Kier molecular flexibility index (Phi) is 3.25. The normalized spacial score (nSPS) is 11.9. The molecule has 80 valence electrons. The molecule has 0 atom stereocenters. The van der Waals surface area contributed by atoms with E-state index in [9.17, 15) is 8.42 Å². The zero-order valence-corrected chi connectivity index (χ0v) is 8.98. The largest absolute Gasteiger partial charge is 0.311 e. The lowest BCUT2D eigenvalue weighted by Gasteiger charge is -2.01. The fourth-order valence-corrected chi connectivity index (χ4v) is 2.13. The fourth-order valence-electron chi connectivity index (χ4n) is 1.21. The number of H-pyrrole nitrogens is 1. The third-order valence-corrected chi connectivity index (χ3v) is 2.90. The van der Waals surface area contributed by atoms with Gasteiger partial charge in [0.2, 0.25) is 10.0 Å². The van der Waals surface area contributed by atoms with Crippen LogP contribution in [0.4, 0.5) is 0 Å². The number of nitrogens with one attached hydrogen (secondary N) is 2. The molecule has 0 unspecified atom stereocenters. The van der Waals surface area contributed by atoms with Crippen molar-refractivity contribution in [2.75, 3.05) is 6.54 Å². The van der Waals surface area contributed by atoms with E-state index in [1.54, 1.807) is 6.92 Å². The molecule has 1 aromatic rings. The maximum atomic E-state index is 11.2. The molecular formula is C7H14N4O2S. The molecule has 0 fully saturated rings. The maximum absolute atomic E-state index is 11.2. The second-order valence-corrected chi connectivity index (χ2v) is 4.45. The van der Waals surface area contributed by atoms with Crippen LogP contribution >= 0.6 is 0 Å². The van der Waals surface area contributed by atoms with Gasteiger partial charge in [0.1, 0.15) is 4.90 Å². The van der Waals surface area contributed by atoms with Gasteiger partial charge in [0, 0.05) is 6.54 Å². The molecule has 14 heavy (non-hydrogen) atoms. The summed E-state index contributed by atoms with van der Waals surface area (Å²) in [5.74, 6) is 0. The van der Waals surface area contributed by atoms with Crippen molar-refractivity contribution >= 4 is 10.0 Å². The molecule has 0 spiro atoms. The molecule has 7 heteroatoms. The minimum absolute atomic E-state index is 0.0958. The van der Waals surface area contributed by atoms with Gasteiger partial charge in [0.05, 0.1) is 11.4 Å². The Morgan fingerprint density at radius 3 is 2.71 bits per heavy atom. The number of hydrogen-bond donors (Lipinski definition) is 3. The lowest BCUT2D eigenvalue weighted by molar-refractivity contribution is 0.594. The predicted octanol–water partition coefficient (Wildman–Crippen LogP) is -0.525. The van der Waals surface area contributed by atoms with Crippen molar-refractivity contribution in [2.24, 2.45) is 5.14 Å². The molecule has 4 N–H and O–H groups in total. The number of aromatic nitrogens is 2. The van der Waals surface area contributed by atoms with E-state index in [-0.39, 0.29) is 4.90 Å². The summed E-state index contributed by atoms with van der Waals surface area (Å²) >= 11 is 0. The van der Waals surface area contributed by atoms with Gasteiger partial charge in [-0.1, -0.05) is 6.92 Å². The second kappa shape index (κ2) is 4.07. The summed E-state index contributed by atoms with van der Waals surface area (Å²) in [6, 6.07) is 0. The van der Waals surface area contributed by atoms with Crippen LogP contribution in [0.1, 0.15) is 18.3 Å². The highest BCUT2D eigenvalue weighted by Gasteiger charge is 2.19. The molecule has 1 rings (SSSR count). The first kappa shape index (κ1) is 11.2. The number of nitrogens with zero attached hydrogens (tertiary/aromatic N) is 1. The maximum Gasteiger partial charge on any atom is 0.241 e. The van der Waals surface area contributed by atoms with E-state index in [1.807, 2.05) is 6.92 Å². The third-order valence-electron chi connectivity index (χ3n) is 1.79. The summed E-state index contributed by atoms with van der Waals surface area (Å²) in [6.07, 6.45) is 0. The molecule has 0 amide bonds. The molecule has 1 aromatic heterocycles. The molecule has 1 heterocycles. The van der Waals surface area contributed by atoms with Gasteiger partial charge in [-0.25, -0.2) is 13.6 Å². The highest BCUT2D eigenvalue weighted by Crippen LogP contribution is 2.15. The van der Waals surface area contributed by atoms with E-state index < -0.39 is 10.0 Å². The average molecular weight is 218 g/mol. The zero-order chi connectivity index (χ0) is 10.8. The molecule has 0 radical (unpaired) electrons. The van der Waals surface area contributed by atoms with Crippen LogP contribution in [0, 0.1) is 6.92 Å². The number of primary sulfonamides is 1. The molecule has 0 aliphatic heterocycles. The van der Waals surface area contributed by atoms with Gasteiger partial charge in [-0.05, 0) is 13.5 Å². The van der Waals surface area contributed by atoms with Crippen molar-refractivity contribution in [2.45, 2.75) is 25.3 Å². The zero-order valence-electron chi connectivity index (χ0n) is 8.16. The summed E-state index contributed by atoms with van der Waals surface area (Å²) < 4.78 is 22.4. The van der Waals surface area contributed by atoms with Crippen LogP contribution in [0.25, 0.3) is 0 Å². The van der Waals surface area contributed by atoms with E-state index in [2.05, 4.69) is 15.5 Å². The highest BCUT2D eigenvalue weighted by molar-refractivity contribution is 7.89. The SMILES string of the molecule is CCNCc1n[nH]c(C)c1S(N)(=O)=O. The minimum Gasteiger partial charge on any atom is -0.311 e. The van der Waals surface area contributed by atoms with E-state index in [1.165, 1.54) is 0 Å². The topological polar surface area (TPSA) is 101 Å². The Morgan fingerprint density at radius 1 is 1.57 bits per heavy atom. The van der Waals surface area contributed by atoms with Gasteiger partial charge in [0.15, 0.2) is 0 Å². The summed E-state index contributed by atoms with van der Waals surface area (Å²) in [5, 5.41) is 14.5. The van der Waals surface area contributed by atoms with Gasteiger partial charge in [-0.2, -0.15) is 5.10 Å². The Morgan fingerprint density at radius 2 is 2.21 bits per heavy atom.